The fraction of sp³-hybridized carbons (Fsp3) is 0.900. The molecule has 1 rings (SSSR count). The molecule has 1 aliphatic heterocycles. The Kier molecular flexibility index (Phi) is 4.47. The summed E-state index contributed by atoms with van der Waals surface area (Å²) in [6, 6.07) is 0. The van der Waals surface area contributed by atoms with E-state index in [1.54, 1.807) is 0 Å². The van der Waals surface area contributed by atoms with Crippen molar-refractivity contribution in [3.8, 4) is 0 Å². The largest absolute Gasteiger partial charge is 0.391 e. The van der Waals surface area contributed by atoms with Crippen molar-refractivity contribution in [3.63, 3.8) is 0 Å². The van der Waals surface area contributed by atoms with Crippen molar-refractivity contribution in [1.29, 1.82) is 0 Å². The summed E-state index contributed by atoms with van der Waals surface area (Å²) >= 11 is 0. The molecule has 3 N–H and O–H groups in total. The van der Waals surface area contributed by atoms with Gasteiger partial charge in [0.2, 0.25) is 5.67 Å². The highest BCUT2D eigenvalue weighted by molar-refractivity contribution is 5.85. The molecular weight excluding hydrogens is 199 g/mol. The third-order valence-electron chi connectivity index (χ3n) is 2.63. The zero-order valence-electron chi connectivity index (χ0n) is 9.05. The number of halogens is 1. The van der Waals surface area contributed by atoms with Crippen LogP contribution in [0.3, 0.4) is 0 Å². The van der Waals surface area contributed by atoms with Gasteiger partial charge >= 0.3 is 0 Å². The minimum atomic E-state index is -1.79. The first-order valence-corrected chi connectivity index (χ1v) is 5.44. The molecule has 1 heterocycles. The fourth-order valence-electron chi connectivity index (χ4n) is 1.66. The van der Waals surface area contributed by atoms with Crippen LogP contribution in [0.25, 0.3) is 0 Å². The van der Waals surface area contributed by atoms with E-state index >= 15 is 0 Å². The summed E-state index contributed by atoms with van der Waals surface area (Å²) in [4.78, 5) is 11.4. The van der Waals surface area contributed by atoms with Crippen molar-refractivity contribution in [2.75, 3.05) is 19.6 Å². The van der Waals surface area contributed by atoms with Gasteiger partial charge in [-0.05, 0) is 13.0 Å². The number of hydrogen-bond donors (Lipinski definition) is 3. The molecule has 1 fully saturated rings. The van der Waals surface area contributed by atoms with Crippen LogP contribution in [-0.2, 0) is 4.79 Å². The Balaban J connectivity index is 2.29. The third kappa shape index (κ3) is 3.43. The van der Waals surface area contributed by atoms with E-state index in [0.29, 0.717) is 13.0 Å². The van der Waals surface area contributed by atoms with Gasteiger partial charge in [-0.2, -0.15) is 0 Å². The van der Waals surface area contributed by atoms with Crippen LogP contribution in [0.4, 0.5) is 4.39 Å². The van der Waals surface area contributed by atoms with E-state index in [1.165, 1.54) is 0 Å². The minimum absolute atomic E-state index is 0.0721. The molecule has 1 aliphatic rings. The first kappa shape index (κ1) is 12.4. The lowest BCUT2D eigenvalue weighted by atomic mass is 10.0. The average Bonchev–Trinajstić information content (AvgIpc) is 2.63. The number of aliphatic hydroxyl groups is 1. The quantitative estimate of drug-likeness (QED) is 0.607. The standard InChI is InChI=1S/C10H19FN2O2/c1-2-3-8(14)6-13-9(15)10(11)4-5-12-7-10/h8,12,14H,2-7H2,1H3,(H,13,15). The van der Waals surface area contributed by atoms with Crippen molar-refractivity contribution >= 4 is 5.91 Å². The number of rotatable bonds is 5. The third-order valence-corrected chi connectivity index (χ3v) is 2.63. The van der Waals surface area contributed by atoms with Crippen LogP contribution in [0.5, 0.6) is 0 Å². The van der Waals surface area contributed by atoms with E-state index in [4.69, 9.17) is 0 Å². The van der Waals surface area contributed by atoms with Gasteiger partial charge in [0.15, 0.2) is 0 Å². The number of carbonyl (C=O) groups is 1. The second kappa shape index (κ2) is 5.42. The monoisotopic (exact) mass is 218 g/mol. The van der Waals surface area contributed by atoms with Gasteiger partial charge in [-0.15, -0.1) is 0 Å². The van der Waals surface area contributed by atoms with Gasteiger partial charge in [-0.1, -0.05) is 13.3 Å². The molecule has 4 nitrogen and oxygen atoms in total. The molecule has 88 valence electrons. The smallest absolute Gasteiger partial charge is 0.259 e. The minimum Gasteiger partial charge on any atom is -0.391 e. The predicted molar refractivity (Wildman–Crippen MR) is 55.3 cm³/mol. The zero-order chi connectivity index (χ0) is 11.3. The van der Waals surface area contributed by atoms with Crippen LogP contribution in [-0.4, -0.2) is 42.4 Å². The highest BCUT2D eigenvalue weighted by atomic mass is 19.1. The van der Waals surface area contributed by atoms with Crippen LogP contribution >= 0.6 is 0 Å². The molecule has 0 spiro atoms. The van der Waals surface area contributed by atoms with E-state index in [0.717, 1.165) is 6.42 Å². The Labute approximate surface area is 89.2 Å². The first-order chi connectivity index (χ1) is 7.08. The van der Waals surface area contributed by atoms with Gasteiger partial charge < -0.3 is 15.7 Å². The molecule has 0 aromatic rings. The number of carbonyl (C=O) groups excluding carboxylic acids is 1. The molecule has 2 atom stereocenters. The maximum Gasteiger partial charge on any atom is 0.259 e. The SMILES string of the molecule is CCCC(O)CNC(=O)C1(F)CCNC1. The van der Waals surface area contributed by atoms with Gasteiger partial charge in [0.05, 0.1) is 6.10 Å². The Bertz CT molecular complexity index is 217. The van der Waals surface area contributed by atoms with Crippen molar-refractivity contribution in [2.24, 2.45) is 0 Å². The Morgan fingerprint density at radius 2 is 2.47 bits per heavy atom. The summed E-state index contributed by atoms with van der Waals surface area (Å²) in [6.07, 6.45) is 1.11. The molecular formula is C10H19FN2O2. The molecule has 2 unspecified atom stereocenters. The van der Waals surface area contributed by atoms with Crippen LogP contribution in [0, 0.1) is 0 Å². The van der Waals surface area contributed by atoms with Crippen molar-refractivity contribution < 1.29 is 14.3 Å². The summed E-state index contributed by atoms with van der Waals surface area (Å²) in [7, 11) is 0. The Morgan fingerprint density at radius 1 is 1.73 bits per heavy atom. The molecule has 0 aromatic heterocycles. The highest BCUT2D eigenvalue weighted by Crippen LogP contribution is 2.19. The topological polar surface area (TPSA) is 61.4 Å². The molecule has 0 bridgehead atoms. The van der Waals surface area contributed by atoms with Crippen LogP contribution in [0.1, 0.15) is 26.2 Å². The van der Waals surface area contributed by atoms with Crippen molar-refractivity contribution in [3.05, 3.63) is 0 Å². The molecule has 1 saturated heterocycles. The Morgan fingerprint density at radius 3 is 3.00 bits per heavy atom. The molecule has 0 aliphatic carbocycles. The van der Waals surface area contributed by atoms with Crippen LogP contribution in [0.15, 0.2) is 0 Å². The maximum absolute atomic E-state index is 13.8. The molecule has 15 heavy (non-hydrogen) atoms. The summed E-state index contributed by atoms with van der Waals surface area (Å²) in [5.74, 6) is -0.609. The van der Waals surface area contributed by atoms with Crippen LogP contribution in [0.2, 0.25) is 0 Å². The molecule has 0 saturated carbocycles. The molecule has 5 heteroatoms. The number of alkyl halides is 1. The molecule has 0 radical (unpaired) electrons. The second-order valence-corrected chi connectivity index (χ2v) is 4.04. The summed E-state index contributed by atoms with van der Waals surface area (Å²) in [5, 5.41) is 14.6. The number of amides is 1. The van der Waals surface area contributed by atoms with E-state index in [9.17, 15) is 14.3 Å². The first-order valence-electron chi connectivity index (χ1n) is 5.44. The molecule has 0 aromatic carbocycles. The summed E-state index contributed by atoms with van der Waals surface area (Å²) in [5.41, 5.74) is -1.79. The van der Waals surface area contributed by atoms with Gasteiger partial charge in [0.25, 0.3) is 5.91 Å². The van der Waals surface area contributed by atoms with Crippen molar-refractivity contribution in [1.82, 2.24) is 10.6 Å². The molecule has 1 amide bonds. The van der Waals surface area contributed by atoms with E-state index in [-0.39, 0.29) is 19.5 Å². The van der Waals surface area contributed by atoms with Gasteiger partial charge in [0, 0.05) is 19.5 Å². The predicted octanol–water partition coefficient (Wildman–Crippen LogP) is -0.0348. The average molecular weight is 218 g/mol. The lowest BCUT2D eigenvalue weighted by Gasteiger charge is -2.18. The van der Waals surface area contributed by atoms with E-state index in [2.05, 4.69) is 10.6 Å². The number of hydrogen-bond acceptors (Lipinski definition) is 3. The fourth-order valence-corrected chi connectivity index (χ4v) is 1.66. The summed E-state index contributed by atoms with van der Waals surface area (Å²) in [6.45, 7) is 2.69. The highest BCUT2D eigenvalue weighted by Gasteiger charge is 2.41. The van der Waals surface area contributed by atoms with Gasteiger partial charge in [-0.3, -0.25) is 4.79 Å². The zero-order valence-corrected chi connectivity index (χ0v) is 9.05. The Hall–Kier alpha value is -0.680. The van der Waals surface area contributed by atoms with Gasteiger partial charge in [-0.25, -0.2) is 4.39 Å². The lowest BCUT2D eigenvalue weighted by molar-refractivity contribution is -0.132. The second-order valence-electron chi connectivity index (χ2n) is 4.04. The van der Waals surface area contributed by atoms with Gasteiger partial charge in [0.1, 0.15) is 0 Å². The summed E-state index contributed by atoms with van der Waals surface area (Å²) < 4.78 is 13.8. The van der Waals surface area contributed by atoms with E-state index < -0.39 is 17.7 Å². The number of nitrogens with one attached hydrogen (secondary N) is 2. The lowest BCUT2D eigenvalue weighted by Crippen LogP contribution is -2.47. The number of aliphatic hydroxyl groups excluding tert-OH is 1. The normalized spacial score (nSPS) is 27.7. The van der Waals surface area contributed by atoms with E-state index in [1.807, 2.05) is 6.92 Å². The van der Waals surface area contributed by atoms with Crippen molar-refractivity contribution in [2.45, 2.75) is 38.0 Å². The van der Waals surface area contributed by atoms with Crippen LogP contribution < -0.4 is 10.6 Å². The maximum atomic E-state index is 13.8.